The first-order chi connectivity index (χ1) is 31.3. The van der Waals surface area contributed by atoms with E-state index in [-0.39, 0.29) is 0 Å². The van der Waals surface area contributed by atoms with Crippen LogP contribution in [0.3, 0.4) is 0 Å². The second-order valence-electron chi connectivity index (χ2n) is 16.3. The molecule has 0 amide bonds. The quantitative estimate of drug-likeness (QED) is 0.168. The third kappa shape index (κ3) is 5.14. The van der Waals surface area contributed by atoms with E-state index in [9.17, 15) is 0 Å². The second-order valence-corrected chi connectivity index (χ2v) is 16.3. The molecule has 0 saturated carbocycles. The largest absolute Gasteiger partial charge is 0.278 e. The summed E-state index contributed by atoms with van der Waals surface area (Å²) in [7, 11) is 0. The first-order valence-corrected chi connectivity index (χ1v) is 21.5. The molecule has 12 aromatic rings. The predicted molar refractivity (Wildman–Crippen MR) is 257 cm³/mol. The molecule has 5 nitrogen and oxygen atoms in total. The SMILES string of the molecule is c1ccc(C2(c3ccccc3-c3cccc(-c4nc(-n5c6ccccc6c6ccccc65)nc(-n5c6ccccc6c6ccccc65)n4)c3)c3ccccc3-c3ccccc32)cc1. The van der Waals surface area contributed by atoms with Crippen molar-refractivity contribution in [3.05, 3.63) is 247 Å². The number of hydrogen-bond donors (Lipinski definition) is 0. The lowest BCUT2D eigenvalue weighted by Gasteiger charge is -2.35. The summed E-state index contributed by atoms with van der Waals surface area (Å²) in [5.74, 6) is 1.71. The summed E-state index contributed by atoms with van der Waals surface area (Å²) in [6, 6.07) is 80.5. The first kappa shape index (κ1) is 35.4. The fourth-order valence-corrected chi connectivity index (χ4v) is 10.5. The Morgan fingerprint density at radius 2 is 0.683 bits per heavy atom. The zero-order chi connectivity index (χ0) is 41.5. The van der Waals surface area contributed by atoms with Gasteiger partial charge in [-0.3, -0.25) is 9.13 Å². The van der Waals surface area contributed by atoms with E-state index in [0.717, 1.165) is 60.3 Å². The molecule has 294 valence electrons. The molecule has 0 radical (unpaired) electrons. The molecule has 1 aliphatic rings. The lowest BCUT2D eigenvalue weighted by Crippen LogP contribution is -2.29. The summed E-state index contributed by atoms with van der Waals surface area (Å²) in [5, 5.41) is 4.59. The topological polar surface area (TPSA) is 48.5 Å². The molecule has 9 aromatic carbocycles. The zero-order valence-electron chi connectivity index (χ0n) is 34.1. The molecule has 0 aliphatic heterocycles. The minimum Gasteiger partial charge on any atom is -0.278 e. The van der Waals surface area contributed by atoms with Crippen molar-refractivity contribution in [2.45, 2.75) is 5.41 Å². The Bertz CT molecular complexity index is 3480. The van der Waals surface area contributed by atoms with Gasteiger partial charge in [0.15, 0.2) is 5.82 Å². The molecule has 0 atom stereocenters. The van der Waals surface area contributed by atoms with Gasteiger partial charge in [-0.1, -0.05) is 194 Å². The Morgan fingerprint density at radius 3 is 1.17 bits per heavy atom. The average Bonchev–Trinajstić information content (AvgIpc) is 3.99. The van der Waals surface area contributed by atoms with Gasteiger partial charge in [0.2, 0.25) is 11.9 Å². The Morgan fingerprint density at radius 1 is 0.302 bits per heavy atom. The van der Waals surface area contributed by atoms with Crippen LogP contribution in [-0.2, 0) is 5.41 Å². The number of aromatic nitrogens is 5. The number of fused-ring (bicyclic) bond motifs is 9. The van der Waals surface area contributed by atoms with E-state index in [4.69, 9.17) is 15.0 Å². The molecule has 0 N–H and O–H groups in total. The number of nitrogens with zero attached hydrogens (tertiary/aromatic N) is 5. The molecule has 3 aromatic heterocycles. The van der Waals surface area contributed by atoms with Gasteiger partial charge in [-0.15, -0.1) is 0 Å². The van der Waals surface area contributed by atoms with Crippen molar-refractivity contribution in [2.75, 3.05) is 0 Å². The highest BCUT2D eigenvalue weighted by Gasteiger charge is 2.47. The number of benzene rings is 9. The lowest BCUT2D eigenvalue weighted by atomic mass is 9.66. The molecule has 0 fully saturated rings. The monoisotopic (exact) mass is 803 g/mol. The Balaban J connectivity index is 1.07. The van der Waals surface area contributed by atoms with Gasteiger partial charge in [0, 0.05) is 27.1 Å². The highest BCUT2D eigenvalue weighted by atomic mass is 15.3. The highest BCUT2D eigenvalue weighted by molar-refractivity contribution is 6.10. The van der Waals surface area contributed by atoms with Crippen LogP contribution in [0.2, 0.25) is 0 Å². The third-order valence-electron chi connectivity index (χ3n) is 13.1. The second kappa shape index (κ2) is 13.8. The van der Waals surface area contributed by atoms with Crippen molar-refractivity contribution >= 4 is 43.6 Å². The Kier molecular flexibility index (Phi) is 7.75. The predicted octanol–water partition coefficient (Wildman–Crippen LogP) is 13.8. The number of rotatable bonds is 6. The van der Waals surface area contributed by atoms with E-state index >= 15 is 0 Å². The van der Waals surface area contributed by atoms with E-state index < -0.39 is 5.41 Å². The third-order valence-corrected chi connectivity index (χ3v) is 13.1. The number of para-hydroxylation sites is 4. The molecule has 0 unspecified atom stereocenters. The smallest absolute Gasteiger partial charge is 0.240 e. The summed E-state index contributed by atoms with van der Waals surface area (Å²) in [6.45, 7) is 0. The summed E-state index contributed by atoms with van der Waals surface area (Å²) in [6.07, 6.45) is 0. The van der Waals surface area contributed by atoms with Crippen LogP contribution in [0.25, 0.3) is 89.2 Å². The summed E-state index contributed by atoms with van der Waals surface area (Å²) >= 11 is 0. The zero-order valence-corrected chi connectivity index (χ0v) is 34.1. The fourth-order valence-electron chi connectivity index (χ4n) is 10.5. The molecule has 0 bridgehead atoms. The Labute approximate surface area is 363 Å². The standard InChI is InChI=1S/C58H37N5/c1-2-21-40(22-3-1)58(49-31-12-5-24-42(49)43-25-6-13-32-50(43)58)48-30-11-4-23-41(48)38-19-18-20-39(37-38)55-59-56(62-51-33-14-7-26-44(51)45-27-8-15-34-52(45)62)61-57(60-55)63-53-35-16-9-28-46(53)47-29-10-17-36-54(47)63/h1-37H. The number of hydrogen-bond acceptors (Lipinski definition) is 3. The van der Waals surface area contributed by atoms with Crippen LogP contribution in [0.5, 0.6) is 0 Å². The average molecular weight is 804 g/mol. The van der Waals surface area contributed by atoms with Crippen molar-refractivity contribution < 1.29 is 0 Å². The van der Waals surface area contributed by atoms with E-state index in [1.54, 1.807) is 0 Å². The highest BCUT2D eigenvalue weighted by Crippen LogP contribution is 2.57. The maximum Gasteiger partial charge on any atom is 0.240 e. The molecular formula is C58H37N5. The van der Waals surface area contributed by atoms with Gasteiger partial charge < -0.3 is 0 Å². The van der Waals surface area contributed by atoms with E-state index in [1.165, 1.54) is 33.4 Å². The van der Waals surface area contributed by atoms with Gasteiger partial charge in [-0.25, -0.2) is 0 Å². The molecule has 1 aliphatic carbocycles. The minimum atomic E-state index is -0.554. The Hall–Kier alpha value is -8.41. The molecule has 0 spiro atoms. The maximum absolute atomic E-state index is 5.40. The van der Waals surface area contributed by atoms with E-state index in [2.05, 4.69) is 234 Å². The van der Waals surface area contributed by atoms with Crippen molar-refractivity contribution in [3.63, 3.8) is 0 Å². The van der Waals surface area contributed by atoms with Gasteiger partial charge in [0.05, 0.1) is 27.5 Å². The van der Waals surface area contributed by atoms with Crippen LogP contribution >= 0.6 is 0 Å². The van der Waals surface area contributed by atoms with Gasteiger partial charge in [-0.05, 0) is 74.8 Å². The van der Waals surface area contributed by atoms with Crippen molar-refractivity contribution in [3.8, 4) is 45.5 Å². The van der Waals surface area contributed by atoms with Gasteiger partial charge in [-0.2, -0.15) is 15.0 Å². The van der Waals surface area contributed by atoms with Gasteiger partial charge in [0.25, 0.3) is 0 Å². The van der Waals surface area contributed by atoms with Crippen LogP contribution < -0.4 is 0 Å². The molecule has 5 heteroatoms. The van der Waals surface area contributed by atoms with Crippen molar-refractivity contribution in [1.82, 2.24) is 24.1 Å². The summed E-state index contributed by atoms with van der Waals surface area (Å²) in [5.41, 5.74) is 14.3. The van der Waals surface area contributed by atoms with Gasteiger partial charge in [0.1, 0.15) is 0 Å². The lowest BCUT2D eigenvalue weighted by molar-refractivity contribution is 0.770. The molecule has 63 heavy (non-hydrogen) atoms. The fraction of sp³-hybridized carbons (Fsp3) is 0.0172. The van der Waals surface area contributed by atoms with Crippen LogP contribution in [-0.4, -0.2) is 24.1 Å². The van der Waals surface area contributed by atoms with Crippen molar-refractivity contribution in [2.24, 2.45) is 0 Å². The van der Waals surface area contributed by atoms with Crippen LogP contribution in [0.15, 0.2) is 224 Å². The van der Waals surface area contributed by atoms with Crippen LogP contribution in [0.1, 0.15) is 22.3 Å². The maximum atomic E-state index is 5.40. The molecule has 0 saturated heterocycles. The molecule has 13 rings (SSSR count). The molecular weight excluding hydrogens is 767 g/mol. The summed E-state index contributed by atoms with van der Waals surface area (Å²) in [4.78, 5) is 16.2. The normalized spacial score (nSPS) is 12.9. The first-order valence-electron chi connectivity index (χ1n) is 21.5. The van der Waals surface area contributed by atoms with Crippen LogP contribution in [0.4, 0.5) is 0 Å². The van der Waals surface area contributed by atoms with Crippen molar-refractivity contribution in [1.29, 1.82) is 0 Å². The van der Waals surface area contributed by atoms with Crippen LogP contribution in [0, 0.1) is 0 Å². The van der Waals surface area contributed by atoms with E-state index in [0.29, 0.717) is 17.7 Å². The summed E-state index contributed by atoms with van der Waals surface area (Å²) < 4.78 is 4.37. The molecule has 3 heterocycles. The van der Waals surface area contributed by atoms with E-state index in [1.807, 2.05) is 0 Å². The minimum absolute atomic E-state index is 0.554. The van der Waals surface area contributed by atoms with Gasteiger partial charge >= 0.3 is 0 Å².